The number of nitrogens with zero attached hydrogens (tertiary/aromatic N) is 1. The lowest BCUT2D eigenvalue weighted by atomic mass is 10.3. The summed E-state index contributed by atoms with van der Waals surface area (Å²) < 4.78 is 1.28. The van der Waals surface area contributed by atoms with Crippen molar-refractivity contribution < 1.29 is 9.47 Å². The quantitative estimate of drug-likeness (QED) is 0.433. The van der Waals surface area contributed by atoms with Gasteiger partial charge >= 0.3 is 0 Å². The highest BCUT2D eigenvalue weighted by Crippen LogP contribution is 1.89. The molecule has 0 aliphatic rings. The summed E-state index contributed by atoms with van der Waals surface area (Å²) in [5.41, 5.74) is 5.38. The Bertz CT molecular complexity index is 264. The molecule has 0 unspecified atom stereocenters. The van der Waals surface area contributed by atoms with Crippen molar-refractivity contribution in [3.05, 3.63) is 30.1 Å². The van der Waals surface area contributed by atoms with Crippen LogP contribution in [0.3, 0.4) is 0 Å². The van der Waals surface area contributed by atoms with Crippen LogP contribution in [-0.4, -0.2) is 5.91 Å². The second-order valence-electron chi connectivity index (χ2n) is 1.90. The van der Waals surface area contributed by atoms with Crippen LogP contribution in [0, 0.1) is 0 Å². The lowest BCUT2D eigenvalue weighted by Crippen LogP contribution is -2.44. The van der Waals surface area contributed by atoms with Gasteiger partial charge in [-0.15, -0.1) is 12.4 Å². The second-order valence-corrected chi connectivity index (χ2v) is 1.90. The smallest absolute Gasteiger partial charge is 0.254 e. The summed E-state index contributed by atoms with van der Waals surface area (Å²) in [6, 6.07) is 3.26. The summed E-state index contributed by atoms with van der Waals surface area (Å²) in [6.07, 6.45) is 3.08. The number of aromatic nitrogens is 1. The lowest BCUT2D eigenvalue weighted by Gasteiger charge is -1.89. The molecule has 0 saturated heterocycles. The Morgan fingerprint density at radius 1 is 1.55 bits per heavy atom. The summed E-state index contributed by atoms with van der Waals surface area (Å²) in [4.78, 5) is 10.5. The maximum Gasteiger partial charge on any atom is 0.254 e. The van der Waals surface area contributed by atoms with Crippen LogP contribution in [0.15, 0.2) is 24.5 Å². The number of hydrogen-bond donors (Lipinski definition) is 2. The summed E-state index contributed by atoms with van der Waals surface area (Å²) in [5, 5.41) is 0. The highest BCUT2D eigenvalue weighted by Gasteiger charge is 2.02. The third-order valence-electron chi connectivity index (χ3n) is 1.11. The third kappa shape index (κ3) is 2.43. The number of pyridine rings is 1. The highest BCUT2D eigenvalue weighted by atomic mass is 35.5. The Balaban J connectivity index is 0.000001000. The van der Waals surface area contributed by atoms with Crippen molar-refractivity contribution in [2.45, 2.75) is 0 Å². The van der Waals surface area contributed by atoms with Crippen LogP contribution >= 0.6 is 12.4 Å². The fourth-order valence-corrected chi connectivity index (χ4v) is 0.639. The van der Waals surface area contributed by atoms with Crippen molar-refractivity contribution >= 4 is 18.3 Å². The van der Waals surface area contributed by atoms with Crippen molar-refractivity contribution in [2.75, 3.05) is 5.84 Å². The molecule has 1 amide bonds. The number of nitrogens with two attached hydrogens (primary N) is 2. The standard InChI is InChI=1S/C6H7N3O.ClH/c7-6(10)5-2-1-3-9(8)4-5;/h1-4H,8H2,(H-,7,10);1H/p+1. The van der Waals surface area contributed by atoms with E-state index in [-0.39, 0.29) is 12.4 Å². The SMILES string of the molecule is Cl.NC(=O)c1ccc[n+](N)c1. The molecule has 0 atom stereocenters. The molecule has 60 valence electrons. The van der Waals surface area contributed by atoms with E-state index in [0.717, 1.165) is 0 Å². The minimum Gasteiger partial charge on any atom is -0.365 e. The molecule has 0 radical (unpaired) electrons. The van der Waals surface area contributed by atoms with Crippen LogP contribution in [0.2, 0.25) is 0 Å². The summed E-state index contributed by atoms with van der Waals surface area (Å²) in [7, 11) is 0. The molecule has 0 aliphatic heterocycles. The Hall–Kier alpha value is -1.29. The molecule has 4 N–H and O–H groups in total. The second kappa shape index (κ2) is 3.78. The number of nitrogen functional groups attached to an aromatic ring is 1. The van der Waals surface area contributed by atoms with Gasteiger partial charge in [0.25, 0.3) is 5.91 Å². The molecule has 4 nitrogen and oxygen atoms in total. The summed E-state index contributed by atoms with van der Waals surface area (Å²) in [5.74, 6) is 4.83. The van der Waals surface area contributed by atoms with Crippen molar-refractivity contribution in [1.29, 1.82) is 0 Å². The Kier molecular flexibility index (Phi) is 3.33. The van der Waals surface area contributed by atoms with Gasteiger partial charge in [0.1, 0.15) is 5.56 Å². The van der Waals surface area contributed by atoms with E-state index in [1.165, 1.54) is 10.9 Å². The van der Waals surface area contributed by atoms with Gasteiger partial charge in [0, 0.05) is 6.07 Å². The molecule has 0 aromatic carbocycles. The van der Waals surface area contributed by atoms with Gasteiger partial charge in [-0.1, -0.05) is 4.68 Å². The van der Waals surface area contributed by atoms with Crippen LogP contribution in [0.1, 0.15) is 10.4 Å². The van der Waals surface area contributed by atoms with Crippen LogP contribution in [0.5, 0.6) is 0 Å². The predicted molar refractivity (Wildman–Crippen MR) is 42.6 cm³/mol. The first-order chi connectivity index (χ1) is 4.70. The van der Waals surface area contributed by atoms with Crippen molar-refractivity contribution in [3.63, 3.8) is 0 Å². The van der Waals surface area contributed by atoms with Crippen molar-refractivity contribution in [3.8, 4) is 0 Å². The number of rotatable bonds is 1. The molecule has 5 heteroatoms. The third-order valence-corrected chi connectivity index (χ3v) is 1.11. The summed E-state index contributed by atoms with van der Waals surface area (Å²) in [6.45, 7) is 0. The molecule has 1 rings (SSSR count). The van der Waals surface area contributed by atoms with E-state index in [1.807, 2.05) is 0 Å². The van der Waals surface area contributed by atoms with Crippen LogP contribution < -0.4 is 16.3 Å². The number of carbonyl (C=O) groups excluding carboxylic acids is 1. The number of hydrogen-bond acceptors (Lipinski definition) is 2. The first-order valence-corrected chi connectivity index (χ1v) is 2.76. The molecule has 11 heavy (non-hydrogen) atoms. The van der Waals surface area contributed by atoms with E-state index >= 15 is 0 Å². The molecule has 1 aromatic rings. The maximum atomic E-state index is 10.5. The minimum absolute atomic E-state index is 0. The fraction of sp³-hybridized carbons (Fsp3) is 0. The monoisotopic (exact) mass is 174 g/mol. The normalized spacial score (nSPS) is 8.36. The number of carbonyl (C=O) groups is 1. The molecular formula is C6H9ClN3O+. The lowest BCUT2D eigenvalue weighted by molar-refractivity contribution is -0.639. The van der Waals surface area contributed by atoms with E-state index in [9.17, 15) is 4.79 Å². The first-order valence-electron chi connectivity index (χ1n) is 2.76. The van der Waals surface area contributed by atoms with Gasteiger partial charge < -0.3 is 5.73 Å². The van der Waals surface area contributed by atoms with Crippen LogP contribution in [0.4, 0.5) is 0 Å². The van der Waals surface area contributed by atoms with Gasteiger partial charge in [0.2, 0.25) is 6.20 Å². The van der Waals surface area contributed by atoms with Crippen LogP contribution in [0.25, 0.3) is 0 Å². The zero-order chi connectivity index (χ0) is 7.56. The Morgan fingerprint density at radius 2 is 2.18 bits per heavy atom. The number of primary amides is 1. The van der Waals surface area contributed by atoms with Gasteiger partial charge in [0.15, 0.2) is 6.20 Å². The minimum atomic E-state index is -0.472. The fourth-order valence-electron chi connectivity index (χ4n) is 0.639. The predicted octanol–water partition coefficient (Wildman–Crippen LogP) is -0.791. The van der Waals surface area contributed by atoms with Gasteiger partial charge in [-0.25, -0.2) is 5.84 Å². The molecule has 0 bridgehead atoms. The molecule has 0 saturated carbocycles. The van der Waals surface area contributed by atoms with Gasteiger partial charge in [-0.3, -0.25) is 4.79 Å². The average molecular weight is 175 g/mol. The zero-order valence-corrected chi connectivity index (χ0v) is 6.54. The van der Waals surface area contributed by atoms with E-state index < -0.39 is 5.91 Å². The van der Waals surface area contributed by atoms with Gasteiger partial charge in [0.05, 0.1) is 0 Å². The zero-order valence-electron chi connectivity index (χ0n) is 5.73. The Labute approximate surface area is 70.2 Å². The summed E-state index contributed by atoms with van der Waals surface area (Å²) >= 11 is 0. The maximum absolute atomic E-state index is 10.5. The number of halogens is 1. The van der Waals surface area contributed by atoms with E-state index in [4.69, 9.17) is 11.6 Å². The molecular weight excluding hydrogens is 166 g/mol. The molecule has 0 spiro atoms. The van der Waals surface area contributed by atoms with Gasteiger partial charge in [-0.2, -0.15) is 0 Å². The van der Waals surface area contributed by atoms with Crippen molar-refractivity contribution in [1.82, 2.24) is 0 Å². The van der Waals surface area contributed by atoms with Gasteiger partial charge in [-0.05, 0) is 6.07 Å². The topological polar surface area (TPSA) is 73.0 Å². The highest BCUT2D eigenvalue weighted by molar-refractivity contribution is 5.92. The largest absolute Gasteiger partial charge is 0.365 e. The Morgan fingerprint density at radius 3 is 2.55 bits per heavy atom. The van der Waals surface area contributed by atoms with Crippen LogP contribution in [-0.2, 0) is 0 Å². The van der Waals surface area contributed by atoms with E-state index in [1.54, 1.807) is 18.3 Å². The molecule has 1 aromatic heterocycles. The number of amides is 1. The molecule has 0 fully saturated rings. The average Bonchev–Trinajstić information content (AvgIpc) is 1.88. The van der Waals surface area contributed by atoms with Crippen molar-refractivity contribution in [2.24, 2.45) is 5.73 Å². The van der Waals surface area contributed by atoms with E-state index in [2.05, 4.69) is 0 Å². The first kappa shape index (κ1) is 9.71. The molecule has 1 heterocycles. The van der Waals surface area contributed by atoms with E-state index in [0.29, 0.717) is 5.56 Å². The molecule has 0 aliphatic carbocycles.